The summed E-state index contributed by atoms with van der Waals surface area (Å²) in [6, 6.07) is 8.36. The normalized spacial score (nSPS) is 27.3. The summed E-state index contributed by atoms with van der Waals surface area (Å²) in [5.74, 6) is 1.21. The molecule has 1 fully saturated rings. The van der Waals surface area contributed by atoms with Crippen LogP contribution in [0.5, 0.6) is 0 Å². The zero-order valence-electron chi connectivity index (χ0n) is 12.7. The van der Waals surface area contributed by atoms with Gasteiger partial charge in [-0.3, -0.25) is 4.79 Å². The first kappa shape index (κ1) is 13.6. The standard InChI is InChI=1S/C18H21N3O/c22-18(20-19-16-11-14-6-3-8-15(14)16)12-21-10-4-7-13-5-1-2-9-17(13)21/h1-3,5-6,9,14-15H,4,7-8,10-12H2,(H,20,22)/b19-16-/t14-,15+/m1/s1. The van der Waals surface area contributed by atoms with E-state index in [1.54, 1.807) is 0 Å². The summed E-state index contributed by atoms with van der Waals surface area (Å²) in [6.07, 6.45) is 8.80. The molecule has 1 aliphatic heterocycles. The summed E-state index contributed by atoms with van der Waals surface area (Å²) in [5, 5.41) is 4.34. The van der Waals surface area contributed by atoms with Crippen molar-refractivity contribution in [2.45, 2.75) is 25.7 Å². The lowest BCUT2D eigenvalue weighted by Gasteiger charge is -2.32. The highest BCUT2D eigenvalue weighted by molar-refractivity contribution is 5.95. The van der Waals surface area contributed by atoms with E-state index in [2.05, 4.69) is 45.8 Å². The molecule has 1 N–H and O–H groups in total. The molecule has 0 saturated heterocycles. The summed E-state index contributed by atoms with van der Waals surface area (Å²) >= 11 is 0. The number of benzene rings is 1. The Bertz CT molecular complexity index is 649. The Labute approximate surface area is 130 Å². The van der Waals surface area contributed by atoms with Crippen LogP contribution in [-0.4, -0.2) is 24.7 Å². The molecular formula is C18H21N3O. The molecule has 4 heteroatoms. The number of fused-ring (bicyclic) bond motifs is 2. The van der Waals surface area contributed by atoms with E-state index in [-0.39, 0.29) is 5.91 Å². The van der Waals surface area contributed by atoms with Gasteiger partial charge in [-0.15, -0.1) is 0 Å². The lowest BCUT2D eigenvalue weighted by Crippen LogP contribution is -2.40. The Kier molecular flexibility index (Phi) is 3.45. The number of carbonyl (C=O) groups is 1. The van der Waals surface area contributed by atoms with Gasteiger partial charge in [-0.1, -0.05) is 30.4 Å². The minimum Gasteiger partial charge on any atom is -0.362 e. The van der Waals surface area contributed by atoms with E-state index >= 15 is 0 Å². The second-order valence-electron chi connectivity index (χ2n) is 6.43. The first-order chi connectivity index (χ1) is 10.8. The number of amides is 1. The van der Waals surface area contributed by atoms with Gasteiger partial charge in [0.05, 0.1) is 6.54 Å². The molecule has 4 nitrogen and oxygen atoms in total. The van der Waals surface area contributed by atoms with Crippen molar-refractivity contribution < 1.29 is 4.79 Å². The molecule has 0 unspecified atom stereocenters. The molecule has 0 aromatic heterocycles. The Hall–Kier alpha value is -2.10. The number of nitrogens with one attached hydrogen (secondary N) is 1. The molecule has 1 saturated carbocycles. The van der Waals surface area contributed by atoms with Gasteiger partial charge in [0.1, 0.15) is 0 Å². The van der Waals surface area contributed by atoms with Crippen molar-refractivity contribution in [3.8, 4) is 0 Å². The van der Waals surface area contributed by atoms with Crippen molar-refractivity contribution in [3.63, 3.8) is 0 Å². The molecule has 2 aliphatic carbocycles. The maximum absolute atomic E-state index is 12.2. The molecule has 1 aromatic carbocycles. The monoisotopic (exact) mass is 295 g/mol. The minimum atomic E-state index is -0.0152. The molecule has 4 rings (SSSR count). The van der Waals surface area contributed by atoms with Crippen LogP contribution in [0.1, 0.15) is 24.8 Å². The van der Waals surface area contributed by atoms with Crippen molar-refractivity contribution in [2.75, 3.05) is 18.0 Å². The number of carbonyl (C=O) groups excluding carboxylic acids is 1. The average molecular weight is 295 g/mol. The van der Waals surface area contributed by atoms with E-state index in [0.717, 1.165) is 37.9 Å². The lowest BCUT2D eigenvalue weighted by atomic mass is 9.74. The molecule has 3 aliphatic rings. The fourth-order valence-corrected chi connectivity index (χ4v) is 3.78. The van der Waals surface area contributed by atoms with Crippen LogP contribution in [0.15, 0.2) is 41.5 Å². The first-order valence-corrected chi connectivity index (χ1v) is 8.16. The Morgan fingerprint density at radius 2 is 2.27 bits per heavy atom. The molecule has 0 bridgehead atoms. The number of nitrogens with zero attached hydrogens (tertiary/aromatic N) is 2. The van der Waals surface area contributed by atoms with E-state index < -0.39 is 0 Å². The molecule has 22 heavy (non-hydrogen) atoms. The number of rotatable bonds is 3. The number of hydrogen-bond acceptors (Lipinski definition) is 3. The van der Waals surface area contributed by atoms with E-state index in [0.29, 0.717) is 18.4 Å². The van der Waals surface area contributed by atoms with Crippen LogP contribution in [0, 0.1) is 11.8 Å². The summed E-state index contributed by atoms with van der Waals surface area (Å²) in [5.41, 5.74) is 6.44. The summed E-state index contributed by atoms with van der Waals surface area (Å²) < 4.78 is 0. The van der Waals surface area contributed by atoms with Crippen LogP contribution < -0.4 is 10.3 Å². The van der Waals surface area contributed by atoms with Gasteiger partial charge in [0, 0.05) is 23.9 Å². The lowest BCUT2D eigenvalue weighted by molar-refractivity contribution is -0.119. The van der Waals surface area contributed by atoms with E-state index in [1.165, 1.54) is 11.3 Å². The quantitative estimate of drug-likeness (QED) is 0.688. The SMILES string of the molecule is O=C(CN1CCCc2ccccc21)N/N=C1/C[C@H]2C=CC[C@H]12. The number of hydrazone groups is 1. The second kappa shape index (κ2) is 5.59. The van der Waals surface area contributed by atoms with Crippen molar-refractivity contribution >= 4 is 17.3 Å². The third-order valence-electron chi connectivity index (χ3n) is 5.03. The molecule has 1 aromatic rings. The summed E-state index contributed by atoms with van der Waals surface area (Å²) in [6.45, 7) is 1.33. The third kappa shape index (κ3) is 2.43. The van der Waals surface area contributed by atoms with Crippen LogP contribution in [0.3, 0.4) is 0 Å². The van der Waals surface area contributed by atoms with Gasteiger partial charge < -0.3 is 4.90 Å². The van der Waals surface area contributed by atoms with Crippen LogP contribution in [0.25, 0.3) is 0 Å². The van der Waals surface area contributed by atoms with Gasteiger partial charge in [-0.05, 0) is 43.2 Å². The highest BCUT2D eigenvalue weighted by atomic mass is 16.2. The van der Waals surface area contributed by atoms with Crippen LogP contribution in [-0.2, 0) is 11.2 Å². The molecule has 0 spiro atoms. The summed E-state index contributed by atoms with van der Waals surface area (Å²) in [7, 11) is 0. The fourth-order valence-electron chi connectivity index (χ4n) is 3.78. The van der Waals surface area contributed by atoms with Gasteiger partial charge in [-0.25, -0.2) is 5.43 Å². The first-order valence-electron chi connectivity index (χ1n) is 8.16. The maximum Gasteiger partial charge on any atom is 0.259 e. The Morgan fingerprint density at radius 3 is 3.18 bits per heavy atom. The Morgan fingerprint density at radius 1 is 1.36 bits per heavy atom. The van der Waals surface area contributed by atoms with Crippen molar-refractivity contribution in [3.05, 3.63) is 42.0 Å². The summed E-state index contributed by atoms with van der Waals surface area (Å²) in [4.78, 5) is 14.3. The minimum absolute atomic E-state index is 0.0152. The van der Waals surface area contributed by atoms with Gasteiger partial charge in [0.15, 0.2) is 0 Å². The van der Waals surface area contributed by atoms with E-state index in [4.69, 9.17) is 0 Å². The zero-order valence-corrected chi connectivity index (χ0v) is 12.7. The third-order valence-corrected chi connectivity index (χ3v) is 5.03. The van der Waals surface area contributed by atoms with Crippen molar-refractivity contribution in [1.29, 1.82) is 0 Å². The fraction of sp³-hybridized carbons (Fsp3) is 0.444. The predicted molar refractivity (Wildman–Crippen MR) is 87.9 cm³/mol. The van der Waals surface area contributed by atoms with E-state index in [1.807, 2.05) is 6.07 Å². The maximum atomic E-state index is 12.2. The van der Waals surface area contributed by atoms with Crippen LogP contribution in [0.2, 0.25) is 0 Å². The molecule has 114 valence electrons. The van der Waals surface area contributed by atoms with E-state index in [9.17, 15) is 4.79 Å². The van der Waals surface area contributed by atoms with Crippen molar-refractivity contribution in [2.24, 2.45) is 16.9 Å². The number of allylic oxidation sites excluding steroid dienone is 2. The topological polar surface area (TPSA) is 44.7 Å². The largest absolute Gasteiger partial charge is 0.362 e. The van der Waals surface area contributed by atoms with Gasteiger partial charge in [-0.2, -0.15) is 5.10 Å². The molecular weight excluding hydrogens is 274 g/mol. The number of para-hydroxylation sites is 1. The number of hydrogen-bond donors (Lipinski definition) is 1. The van der Waals surface area contributed by atoms with Crippen LogP contribution >= 0.6 is 0 Å². The highest BCUT2D eigenvalue weighted by Crippen LogP contribution is 2.40. The van der Waals surface area contributed by atoms with Gasteiger partial charge >= 0.3 is 0 Å². The second-order valence-corrected chi connectivity index (χ2v) is 6.43. The molecule has 1 amide bonds. The number of aryl methyl sites for hydroxylation is 1. The number of anilines is 1. The average Bonchev–Trinajstić information content (AvgIpc) is 2.89. The van der Waals surface area contributed by atoms with Crippen molar-refractivity contribution in [1.82, 2.24) is 5.43 Å². The molecule has 1 heterocycles. The highest BCUT2D eigenvalue weighted by Gasteiger charge is 2.38. The Balaban J connectivity index is 1.36. The van der Waals surface area contributed by atoms with Crippen LogP contribution in [0.4, 0.5) is 5.69 Å². The van der Waals surface area contributed by atoms with Gasteiger partial charge in [0.2, 0.25) is 0 Å². The predicted octanol–water partition coefficient (Wildman–Crippen LogP) is 2.51. The molecule has 2 atom stereocenters. The molecule has 0 radical (unpaired) electrons. The van der Waals surface area contributed by atoms with Gasteiger partial charge in [0.25, 0.3) is 5.91 Å². The zero-order chi connectivity index (χ0) is 14.9. The smallest absolute Gasteiger partial charge is 0.259 e.